The van der Waals surface area contributed by atoms with E-state index in [1.165, 1.54) is 39.0 Å². The van der Waals surface area contributed by atoms with Crippen molar-refractivity contribution in [3.05, 3.63) is 0 Å². The van der Waals surface area contributed by atoms with Gasteiger partial charge < -0.3 is 4.90 Å². The first-order valence-electron chi connectivity index (χ1n) is 7.79. The third kappa shape index (κ3) is 4.45. The molecule has 0 aromatic heterocycles. The first-order valence-corrected chi connectivity index (χ1v) is 7.79. The Labute approximate surface area is 117 Å². The van der Waals surface area contributed by atoms with Crippen LogP contribution in [0, 0.1) is 11.3 Å². The van der Waals surface area contributed by atoms with Crippen LogP contribution in [0.3, 0.4) is 0 Å². The SMILES string of the molecule is CCCNC(C)(C#N)CCN1CCN(C2CC2)CC1. The average molecular weight is 264 g/mol. The highest BCUT2D eigenvalue weighted by atomic mass is 15.3. The summed E-state index contributed by atoms with van der Waals surface area (Å²) in [6.45, 7) is 10.9. The van der Waals surface area contributed by atoms with Crippen LogP contribution < -0.4 is 5.32 Å². The maximum absolute atomic E-state index is 9.33. The molecule has 108 valence electrons. The van der Waals surface area contributed by atoms with E-state index in [4.69, 9.17) is 0 Å². The van der Waals surface area contributed by atoms with Crippen LogP contribution in [-0.4, -0.2) is 60.6 Å². The number of nitriles is 1. The molecule has 1 saturated carbocycles. The van der Waals surface area contributed by atoms with Crippen molar-refractivity contribution in [3.63, 3.8) is 0 Å². The Morgan fingerprint density at radius 3 is 2.47 bits per heavy atom. The van der Waals surface area contributed by atoms with E-state index in [1.54, 1.807) is 0 Å². The van der Waals surface area contributed by atoms with Gasteiger partial charge in [0.05, 0.1) is 6.07 Å². The van der Waals surface area contributed by atoms with Crippen molar-refractivity contribution in [3.8, 4) is 6.07 Å². The fourth-order valence-corrected chi connectivity index (χ4v) is 2.76. The Kier molecular flexibility index (Phi) is 5.20. The summed E-state index contributed by atoms with van der Waals surface area (Å²) in [6, 6.07) is 3.34. The molecule has 0 amide bonds. The minimum Gasteiger partial charge on any atom is -0.301 e. The Bertz CT molecular complexity index is 313. The molecule has 4 nitrogen and oxygen atoms in total. The minimum atomic E-state index is -0.358. The third-order valence-electron chi connectivity index (χ3n) is 4.41. The maximum atomic E-state index is 9.33. The second-order valence-corrected chi connectivity index (χ2v) is 6.23. The fourth-order valence-electron chi connectivity index (χ4n) is 2.76. The van der Waals surface area contributed by atoms with Gasteiger partial charge in [0.1, 0.15) is 5.54 Å². The molecule has 0 spiro atoms. The normalized spacial score (nSPS) is 24.9. The van der Waals surface area contributed by atoms with Crippen molar-refractivity contribution >= 4 is 0 Å². The zero-order chi connectivity index (χ0) is 13.7. The second kappa shape index (κ2) is 6.69. The Balaban J connectivity index is 1.68. The molecule has 1 N–H and O–H groups in total. The van der Waals surface area contributed by atoms with Gasteiger partial charge in [-0.1, -0.05) is 6.92 Å². The third-order valence-corrected chi connectivity index (χ3v) is 4.41. The number of hydrogen-bond acceptors (Lipinski definition) is 4. The number of hydrogen-bond donors (Lipinski definition) is 1. The molecule has 19 heavy (non-hydrogen) atoms. The average Bonchev–Trinajstić information content (AvgIpc) is 3.28. The maximum Gasteiger partial charge on any atom is 0.105 e. The first kappa shape index (κ1) is 14.8. The standard InChI is InChI=1S/C15H28N4/c1-3-7-17-15(2,13-16)6-8-18-9-11-19(12-10-18)14-4-5-14/h14,17H,3-12H2,1-2H3. The molecule has 0 aromatic rings. The van der Waals surface area contributed by atoms with Gasteiger partial charge >= 0.3 is 0 Å². The summed E-state index contributed by atoms with van der Waals surface area (Å²) in [6.07, 6.45) is 4.82. The molecule has 1 atom stereocenters. The van der Waals surface area contributed by atoms with Gasteiger partial charge in [-0.25, -0.2) is 0 Å². The van der Waals surface area contributed by atoms with Crippen molar-refractivity contribution in [2.24, 2.45) is 0 Å². The summed E-state index contributed by atoms with van der Waals surface area (Å²) in [5.41, 5.74) is -0.358. The van der Waals surface area contributed by atoms with Gasteiger partial charge in [0.2, 0.25) is 0 Å². The van der Waals surface area contributed by atoms with E-state index in [9.17, 15) is 5.26 Å². The zero-order valence-corrected chi connectivity index (χ0v) is 12.5. The second-order valence-electron chi connectivity index (χ2n) is 6.23. The number of nitrogens with one attached hydrogen (secondary N) is 1. The Morgan fingerprint density at radius 2 is 1.95 bits per heavy atom. The Morgan fingerprint density at radius 1 is 1.26 bits per heavy atom. The van der Waals surface area contributed by atoms with Crippen LogP contribution in [0.4, 0.5) is 0 Å². The number of piperazine rings is 1. The molecule has 1 heterocycles. The molecular formula is C15H28N4. The molecule has 1 saturated heterocycles. The summed E-state index contributed by atoms with van der Waals surface area (Å²) in [5.74, 6) is 0. The lowest BCUT2D eigenvalue weighted by Crippen LogP contribution is -2.50. The molecule has 0 bridgehead atoms. The number of rotatable bonds is 7. The molecule has 1 aliphatic carbocycles. The van der Waals surface area contributed by atoms with Crippen molar-refractivity contribution in [2.75, 3.05) is 39.3 Å². The molecule has 2 rings (SSSR count). The number of nitrogens with zero attached hydrogens (tertiary/aromatic N) is 3. The summed E-state index contributed by atoms with van der Waals surface area (Å²) in [4.78, 5) is 5.15. The molecule has 4 heteroatoms. The molecule has 1 aliphatic heterocycles. The monoisotopic (exact) mass is 264 g/mol. The van der Waals surface area contributed by atoms with E-state index in [0.717, 1.165) is 32.0 Å². The predicted molar refractivity (Wildman–Crippen MR) is 78.0 cm³/mol. The molecule has 1 unspecified atom stereocenters. The van der Waals surface area contributed by atoms with E-state index in [1.807, 2.05) is 6.92 Å². The molecule has 0 radical (unpaired) electrons. The lowest BCUT2D eigenvalue weighted by molar-refractivity contribution is 0.120. The van der Waals surface area contributed by atoms with Crippen LogP contribution in [0.1, 0.15) is 39.5 Å². The van der Waals surface area contributed by atoms with Crippen molar-refractivity contribution in [1.82, 2.24) is 15.1 Å². The zero-order valence-electron chi connectivity index (χ0n) is 12.5. The summed E-state index contributed by atoms with van der Waals surface area (Å²) >= 11 is 0. The fraction of sp³-hybridized carbons (Fsp3) is 0.933. The van der Waals surface area contributed by atoms with Crippen LogP contribution in [0.15, 0.2) is 0 Å². The highest BCUT2D eigenvalue weighted by Gasteiger charge is 2.31. The van der Waals surface area contributed by atoms with Gasteiger partial charge in [0.15, 0.2) is 0 Å². The first-order chi connectivity index (χ1) is 9.17. The summed E-state index contributed by atoms with van der Waals surface area (Å²) < 4.78 is 0. The summed E-state index contributed by atoms with van der Waals surface area (Å²) in [5, 5.41) is 12.7. The van der Waals surface area contributed by atoms with E-state index >= 15 is 0 Å². The molecule has 2 aliphatic rings. The highest BCUT2D eigenvalue weighted by Crippen LogP contribution is 2.27. The van der Waals surface area contributed by atoms with Gasteiger partial charge in [0, 0.05) is 38.8 Å². The van der Waals surface area contributed by atoms with Gasteiger partial charge in [-0.05, 0) is 39.2 Å². The van der Waals surface area contributed by atoms with Crippen LogP contribution in [0.2, 0.25) is 0 Å². The van der Waals surface area contributed by atoms with E-state index in [0.29, 0.717) is 0 Å². The smallest absolute Gasteiger partial charge is 0.105 e. The predicted octanol–water partition coefficient (Wildman–Crippen LogP) is 1.44. The van der Waals surface area contributed by atoms with E-state index < -0.39 is 0 Å². The van der Waals surface area contributed by atoms with Crippen molar-refractivity contribution in [2.45, 2.75) is 51.1 Å². The molecule has 2 fully saturated rings. The lowest BCUT2D eigenvalue weighted by Gasteiger charge is -2.36. The topological polar surface area (TPSA) is 42.3 Å². The minimum absolute atomic E-state index is 0.358. The van der Waals surface area contributed by atoms with Gasteiger partial charge in [-0.15, -0.1) is 0 Å². The van der Waals surface area contributed by atoms with E-state index in [2.05, 4.69) is 28.1 Å². The van der Waals surface area contributed by atoms with Gasteiger partial charge in [-0.3, -0.25) is 10.2 Å². The van der Waals surface area contributed by atoms with Crippen LogP contribution in [-0.2, 0) is 0 Å². The van der Waals surface area contributed by atoms with Crippen LogP contribution in [0.25, 0.3) is 0 Å². The van der Waals surface area contributed by atoms with E-state index in [-0.39, 0.29) is 5.54 Å². The molecular weight excluding hydrogens is 236 g/mol. The van der Waals surface area contributed by atoms with Crippen LogP contribution in [0.5, 0.6) is 0 Å². The molecule has 0 aromatic carbocycles. The Hall–Kier alpha value is -0.630. The van der Waals surface area contributed by atoms with Gasteiger partial charge in [0.25, 0.3) is 0 Å². The van der Waals surface area contributed by atoms with Crippen molar-refractivity contribution in [1.29, 1.82) is 5.26 Å². The lowest BCUT2D eigenvalue weighted by atomic mass is 9.99. The quantitative estimate of drug-likeness (QED) is 0.755. The highest BCUT2D eigenvalue weighted by molar-refractivity contribution is 5.04. The van der Waals surface area contributed by atoms with Crippen molar-refractivity contribution < 1.29 is 0 Å². The summed E-state index contributed by atoms with van der Waals surface area (Å²) in [7, 11) is 0. The largest absolute Gasteiger partial charge is 0.301 e. The van der Waals surface area contributed by atoms with Gasteiger partial charge in [-0.2, -0.15) is 5.26 Å². The van der Waals surface area contributed by atoms with Crippen LogP contribution >= 0.6 is 0 Å².